The number of ether oxygens (including phenoxy) is 1. The van der Waals surface area contributed by atoms with Crippen molar-refractivity contribution in [3.63, 3.8) is 0 Å². The monoisotopic (exact) mass is 300 g/mol. The summed E-state index contributed by atoms with van der Waals surface area (Å²) >= 11 is 3.37. The van der Waals surface area contributed by atoms with Crippen molar-refractivity contribution >= 4 is 21.8 Å². The number of carbonyl (C=O) groups excluding carboxylic acids is 1. The molecule has 0 spiro atoms. The second kappa shape index (κ2) is 6.02. The quantitative estimate of drug-likeness (QED) is 0.924. The van der Waals surface area contributed by atoms with Crippen LogP contribution in [-0.4, -0.2) is 31.5 Å². The molecule has 0 saturated carbocycles. The molecule has 0 bridgehead atoms. The van der Waals surface area contributed by atoms with Crippen molar-refractivity contribution in [1.82, 2.24) is 4.90 Å². The van der Waals surface area contributed by atoms with Gasteiger partial charge in [-0.2, -0.15) is 0 Å². The SMILES string of the molecule is C[C@H](N)c1ccc(Br)cc1OCC(=O)N(C)C. The van der Waals surface area contributed by atoms with E-state index in [0.29, 0.717) is 5.75 Å². The topological polar surface area (TPSA) is 55.6 Å². The van der Waals surface area contributed by atoms with Gasteiger partial charge in [0.05, 0.1) is 0 Å². The Balaban J connectivity index is 2.82. The largest absolute Gasteiger partial charge is 0.483 e. The Morgan fingerprint density at radius 3 is 2.71 bits per heavy atom. The van der Waals surface area contributed by atoms with E-state index in [2.05, 4.69) is 15.9 Å². The average molecular weight is 301 g/mol. The van der Waals surface area contributed by atoms with Gasteiger partial charge in [-0.1, -0.05) is 22.0 Å². The summed E-state index contributed by atoms with van der Waals surface area (Å²) in [6.45, 7) is 1.90. The first kappa shape index (κ1) is 14.0. The van der Waals surface area contributed by atoms with E-state index in [-0.39, 0.29) is 18.6 Å². The highest BCUT2D eigenvalue weighted by Gasteiger charge is 2.11. The highest BCUT2D eigenvalue weighted by Crippen LogP contribution is 2.27. The van der Waals surface area contributed by atoms with Crippen LogP contribution in [0.4, 0.5) is 0 Å². The van der Waals surface area contributed by atoms with Crippen molar-refractivity contribution in [2.45, 2.75) is 13.0 Å². The molecule has 1 amide bonds. The molecule has 0 saturated heterocycles. The van der Waals surface area contributed by atoms with Gasteiger partial charge in [-0.3, -0.25) is 4.79 Å². The van der Waals surface area contributed by atoms with Crippen LogP contribution in [0.1, 0.15) is 18.5 Å². The zero-order valence-electron chi connectivity index (χ0n) is 10.2. The molecular weight excluding hydrogens is 284 g/mol. The summed E-state index contributed by atoms with van der Waals surface area (Å²) in [5.41, 5.74) is 6.73. The molecule has 0 aromatic heterocycles. The lowest BCUT2D eigenvalue weighted by Crippen LogP contribution is -2.27. The molecule has 0 unspecified atom stereocenters. The Kier molecular flexibility index (Phi) is 4.96. The first-order valence-electron chi connectivity index (χ1n) is 5.29. The van der Waals surface area contributed by atoms with E-state index in [1.54, 1.807) is 14.1 Å². The van der Waals surface area contributed by atoms with Gasteiger partial charge in [0.15, 0.2) is 6.61 Å². The normalized spacial score (nSPS) is 12.1. The van der Waals surface area contributed by atoms with Gasteiger partial charge in [-0.15, -0.1) is 0 Å². The maximum absolute atomic E-state index is 11.4. The van der Waals surface area contributed by atoms with E-state index in [0.717, 1.165) is 10.0 Å². The lowest BCUT2D eigenvalue weighted by atomic mass is 10.1. The number of carbonyl (C=O) groups is 1. The fourth-order valence-electron chi connectivity index (χ4n) is 1.28. The predicted octanol–water partition coefficient (Wildman–Crippen LogP) is 1.94. The molecule has 0 radical (unpaired) electrons. The summed E-state index contributed by atoms with van der Waals surface area (Å²) < 4.78 is 6.40. The second-order valence-corrected chi connectivity index (χ2v) is 4.96. The van der Waals surface area contributed by atoms with E-state index in [4.69, 9.17) is 10.5 Å². The van der Waals surface area contributed by atoms with Crippen LogP contribution < -0.4 is 10.5 Å². The summed E-state index contributed by atoms with van der Waals surface area (Å²) in [5, 5.41) is 0. The summed E-state index contributed by atoms with van der Waals surface area (Å²) in [4.78, 5) is 12.9. The molecule has 5 heteroatoms. The first-order valence-corrected chi connectivity index (χ1v) is 6.09. The zero-order chi connectivity index (χ0) is 13.0. The van der Waals surface area contributed by atoms with Crippen LogP contribution in [0.15, 0.2) is 22.7 Å². The van der Waals surface area contributed by atoms with E-state index in [1.807, 2.05) is 25.1 Å². The molecule has 1 aromatic rings. The van der Waals surface area contributed by atoms with Gasteiger partial charge in [-0.05, 0) is 19.1 Å². The maximum Gasteiger partial charge on any atom is 0.259 e. The number of likely N-dealkylation sites (N-methyl/N-ethyl adjacent to an activating group) is 1. The molecule has 94 valence electrons. The van der Waals surface area contributed by atoms with Gasteiger partial charge in [0.2, 0.25) is 0 Å². The van der Waals surface area contributed by atoms with Crippen molar-refractivity contribution in [2.24, 2.45) is 5.73 Å². The van der Waals surface area contributed by atoms with E-state index < -0.39 is 0 Å². The van der Waals surface area contributed by atoms with Gasteiger partial charge < -0.3 is 15.4 Å². The standard InChI is InChI=1S/C12H17BrN2O2/c1-8(14)10-5-4-9(13)6-11(10)17-7-12(16)15(2)3/h4-6,8H,7,14H2,1-3H3/t8-/m0/s1. The predicted molar refractivity (Wildman–Crippen MR) is 70.9 cm³/mol. The highest BCUT2D eigenvalue weighted by molar-refractivity contribution is 9.10. The Morgan fingerprint density at radius 2 is 2.18 bits per heavy atom. The molecule has 0 aliphatic carbocycles. The van der Waals surface area contributed by atoms with Gasteiger partial charge in [-0.25, -0.2) is 0 Å². The summed E-state index contributed by atoms with van der Waals surface area (Å²) in [7, 11) is 3.39. The third kappa shape index (κ3) is 4.02. The van der Waals surface area contributed by atoms with Crippen LogP contribution in [0.5, 0.6) is 5.75 Å². The molecule has 0 aliphatic heterocycles. The second-order valence-electron chi connectivity index (χ2n) is 4.05. The lowest BCUT2D eigenvalue weighted by Gasteiger charge is -2.16. The Bertz CT molecular complexity index is 405. The van der Waals surface area contributed by atoms with Gasteiger partial charge >= 0.3 is 0 Å². The highest BCUT2D eigenvalue weighted by atomic mass is 79.9. The molecule has 0 heterocycles. The van der Waals surface area contributed by atoms with Crippen LogP contribution >= 0.6 is 15.9 Å². The number of rotatable bonds is 4. The number of hydrogen-bond acceptors (Lipinski definition) is 3. The van der Waals surface area contributed by atoms with Crippen LogP contribution in [0.2, 0.25) is 0 Å². The summed E-state index contributed by atoms with van der Waals surface area (Å²) in [5.74, 6) is 0.560. The van der Waals surface area contributed by atoms with Crippen molar-refractivity contribution in [1.29, 1.82) is 0 Å². The van der Waals surface area contributed by atoms with Gasteiger partial charge in [0, 0.05) is 30.2 Å². The van der Waals surface area contributed by atoms with Gasteiger partial charge in [0.1, 0.15) is 5.75 Å². The molecule has 0 fully saturated rings. The average Bonchev–Trinajstić information content (AvgIpc) is 2.25. The Hall–Kier alpha value is -1.07. The van der Waals surface area contributed by atoms with E-state index in [1.165, 1.54) is 4.90 Å². The van der Waals surface area contributed by atoms with Crippen molar-refractivity contribution in [3.05, 3.63) is 28.2 Å². The molecule has 0 aliphatic rings. The summed E-state index contributed by atoms with van der Waals surface area (Å²) in [6.07, 6.45) is 0. The number of hydrogen-bond donors (Lipinski definition) is 1. The zero-order valence-corrected chi connectivity index (χ0v) is 11.8. The van der Waals surface area contributed by atoms with E-state index >= 15 is 0 Å². The van der Waals surface area contributed by atoms with Crippen molar-refractivity contribution < 1.29 is 9.53 Å². The van der Waals surface area contributed by atoms with Crippen LogP contribution in [0, 0.1) is 0 Å². The molecule has 4 nitrogen and oxygen atoms in total. The third-order valence-corrected chi connectivity index (χ3v) is 2.81. The minimum atomic E-state index is -0.132. The summed E-state index contributed by atoms with van der Waals surface area (Å²) in [6, 6.07) is 5.48. The third-order valence-electron chi connectivity index (χ3n) is 2.32. The Labute approximate surface area is 110 Å². The number of nitrogens with two attached hydrogens (primary N) is 1. The van der Waals surface area contributed by atoms with Crippen LogP contribution in [0.3, 0.4) is 0 Å². The number of halogens is 1. The molecule has 2 N–H and O–H groups in total. The van der Waals surface area contributed by atoms with Crippen LogP contribution in [-0.2, 0) is 4.79 Å². The van der Waals surface area contributed by atoms with E-state index in [9.17, 15) is 4.79 Å². The number of amides is 1. The fourth-order valence-corrected chi connectivity index (χ4v) is 1.62. The van der Waals surface area contributed by atoms with Crippen molar-refractivity contribution in [2.75, 3.05) is 20.7 Å². The maximum atomic E-state index is 11.4. The first-order chi connectivity index (χ1) is 7.91. The van der Waals surface area contributed by atoms with Gasteiger partial charge in [0.25, 0.3) is 5.91 Å². The molecular formula is C12H17BrN2O2. The Morgan fingerprint density at radius 1 is 1.53 bits per heavy atom. The molecule has 1 atom stereocenters. The molecule has 1 aromatic carbocycles. The smallest absolute Gasteiger partial charge is 0.259 e. The lowest BCUT2D eigenvalue weighted by molar-refractivity contribution is -0.130. The van der Waals surface area contributed by atoms with Crippen LogP contribution in [0.25, 0.3) is 0 Å². The molecule has 17 heavy (non-hydrogen) atoms. The minimum absolute atomic E-state index is 0.0170. The van der Waals surface area contributed by atoms with Crippen molar-refractivity contribution in [3.8, 4) is 5.75 Å². The number of benzene rings is 1. The fraction of sp³-hybridized carbons (Fsp3) is 0.417. The molecule has 1 rings (SSSR count). The number of nitrogens with zero attached hydrogens (tertiary/aromatic N) is 1. The minimum Gasteiger partial charge on any atom is -0.483 e.